The van der Waals surface area contributed by atoms with Crippen molar-refractivity contribution in [2.24, 2.45) is 21.8 Å². The predicted molar refractivity (Wildman–Crippen MR) is 47.4 cm³/mol. The molecule has 0 aliphatic rings. The molecule has 6 heteroatoms. The molecule has 0 aromatic carbocycles. The Bertz CT molecular complexity index is 138. The molecule has 0 radical (unpaired) electrons. The summed E-state index contributed by atoms with van der Waals surface area (Å²) in [6.45, 7) is 3.63. The molecule has 0 fully saturated rings. The van der Waals surface area contributed by atoms with Crippen LogP contribution in [0.25, 0.3) is 0 Å². The fourth-order valence-electron chi connectivity index (χ4n) is 0.141. The summed E-state index contributed by atoms with van der Waals surface area (Å²) in [7, 11) is 0. The van der Waals surface area contributed by atoms with Crippen molar-refractivity contribution in [1.29, 1.82) is 0 Å². The summed E-state index contributed by atoms with van der Waals surface area (Å²) < 4.78 is 0. The number of amidine groups is 2. The molecule has 6 N–H and O–H groups in total. The van der Waals surface area contributed by atoms with Gasteiger partial charge in [-0.2, -0.15) is 0 Å². The highest BCUT2D eigenvalue weighted by molar-refractivity contribution is 5.79. The monoisotopic (exact) mass is 176 g/mol. The Kier molecular flexibility index (Phi) is 10.5. The van der Waals surface area contributed by atoms with E-state index in [1.54, 1.807) is 0 Å². The van der Waals surface area contributed by atoms with Gasteiger partial charge in [-0.15, -0.1) is 0 Å². The van der Waals surface area contributed by atoms with Crippen molar-refractivity contribution >= 4 is 11.7 Å². The molecule has 0 aliphatic heterocycles. The average Bonchev–Trinajstić information content (AvgIpc) is 2.16. The zero-order chi connectivity index (χ0) is 9.98. The topological polar surface area (TPSA) is 117 Å². The maximum absolute atomic E-state index is 7.80. The number of rotatable bonds is 2. The normalized spacial score (nSPS) is 11.8. The van der Waals surface area contributed by atoms with E-state index in [9.17, 15) is 0 Å². The lowest BCUT2D eigenvalue weighted by Gasteiger charge is -1.82. The minimum absolute atomic E-state index is 0.273. The summed E-state index contributed by atoms with van der Waals surface area (Å²) in [6, 6.07) is 0. The third kappa shape index (κ3) is 11.4. The third-order valence-corrected chi connectivity index (χ3v) is 0.981. The van der Waals surface area contributed by atoms with Crippen molar-refractivity contribution in [2.75, 3.05) is 0 Å². The van der Waals surface area contributed by atoms with Gasteiger partial charge in [0, 0.05) is 12.8 Å². The molecule has 0 aromatic rings. The first-order valence-electron chi connectivity index (χ1n) is 3.55. The highest BCUT2D eigenvalue weighted by atomic mass is 16.4. The second-order valence-electron chi connectivity index (χ2n) is 1.89. The largest absolute Gasteiger partial charge is 0.409 e. The molecule has 0 atom stereocenters. The van der Waals surface area contributed by atoms with Gasteiger partial charge in [0.2, 0.25) is 0 Å². The molecule has 12 heavy (non-hydrogen) atoms. The Hall–Kier alpha value is -1.46. The summed E-state index contributed by atoms with van der Waals surface area (Å²) in [4.78, 5) is 0. The summed E-state index contributed by atoms with van der Waals surface area (Å²) >= 11 is 0. The zero-order valence-electron chi connectivity index (χ0n) is 7.36. The molecule has 0 amide bonds. The van der Waals surface area contributed by atoms with E-state index in [1.165, 1.54) is 0 Å². The molecule has 0 rings (SSSR count). The van der Waals surface area contributed by atoms with Crippen molar-refractivity contribution in [3.05, 3.63) is 0 Å². The van der Waals surface area contributed by atoms with E-state index in [1.807, 2.05) is 13.8 Å². The lowest BCUT2D eigenvalue weighted by atomic mass is 10.5. The van der Waals surface area contributed by atoms with Crippen LogP contribution in [0.15, 0.2) is 10.3 Å². The van der Waals surface area contributed by atoms with Gasteiger partial charge in [0.05, 0.1) is 0 Å². The van der Waals surface area contributed by atoms with Gasteiger partial charge in [-0.3, -0.25) is 0 Å². The maximum Gasteiger partial charge on any atom is 0.138 e. The molecular weight excluding hydrogens is 160 g/mol. The third-order valence-electron chi connectivity index (χ3n) is 0.981. The molecule has 0 saturated carbocycles. The zero-order valence-corrected chi connectivity index (χ0v) is 7.36. The minimum atomic E-state index is 0.273. The van der Waals surface area contributed by atoms with Crippen LogP contribution in [0, 0.1) is 0 Å². The van der Waals surface area contributed by atoms with Crippen LogP contribution in [-0.4, -0.2) is 22.1 Å². The van der Waals surface area contributed by atoms with Crippen LogP contribution < -0.4 is 11.5 Å². The minimum Gasteiger partial charge on any atom is -0.409 e. The van der Waals surface area contributed by atoms with Gasteiger partial charge in [-0.25, -0.2) is 0 Å². The van der Waals surface area contributed by atoms with E-state index in [0.29, 0.717) is 12.8 Å². The van der Waals surface area contributed by atoms with Gasteiger partial charge < -0.3 is 21.9 Å². The molecule has 0 saturated heterocycles. The summed E-state index contributed by atoms with van der Waals surface area (Å²) in [5.74, 6) is 0.546. The van der Waals surface area contributed by atoms with Crippen molar-refractivity contribution in [2.45, 2.75) is 26.7 Å². The number of hydrogen-bond donors (Lipinski definition) is 4. The number of hydrogen-bond acceptors (Lipinski definition) is 4. The van der Waals surface area contributed by atoms with Crippen LogP contribution in [0.3, 0.4) is 0 Å². The molecule has 0 bridgehead atoms. The van der Waals surface area contributed by atoms with Crippen LogP contribution in [0.4, 0.5) is 0 Å². The van der Waals surface area contributed by atoms with Gasteiger partial charge in [0.1, 0.15) is 11.7 Å². The van der Waals surface area contributed by atoms with E-state index >= 15 is 0 Å². The summed E-state index contributed by atoms with van der Waals surface area (Å²) in [5, 5.41) is 21.0. The number of nitrogens with two attached hydrogens (primary N) is 2. The second kappa shape index (κ2) is 9.54. The van der Waals surface area contributed by atoms with E-state index in [2.05, 4.69) is 10.3 Å². The molecular formula is C6H16N4O2. The first kappa shape index (κ1) is 13.2. The van der Waals surface area contributed by atoms with Crippen molar-refractivity contribution in [3.8, 4) is 0 Å². The highest BCUT2D eigenvalue weighted by Gasteiger charge is 1.78. The van der Waals surface area contributed by atoms with Gasteiger partial charge >= 0.3 is 0 Å². The summed E-state index contributed by atoms with van der Waals surface area (Å²) in [6.07, 6.45) is 1.22. The molecule has 0 unspecified atom stereocenters. The van der Waals surface area contributed by atoms with Gasteiger partial charge in [0.25, 0.3) is 0 Å². The smallest absolute Gasteiger partial charge is 0.138 e. The highest BCUT2D eigenvalue weighted by Crippen LogP contribution is 1.70. The fourth-order valence-corrected chi connectivity index (χ4v) is 0.141. The lowest BCUT2D eigenvalue weighted by Crippen LogP contribution is -2.08. The van der Waals surface area contributed by atoms with Crippen molar-refractivity contribution in [3.63, 3.8) is 0 Å². The Morgan fingerprint density at radius 3 is 1.25 bits per heavy atom. The van der Waals surface area contributed by atoms with Crippen LogP contribution in [-0.2, 0) is 0 Å². The maximum atomic E-state index is 7.80. The predicted octanol–water partition coefficient (Wildman–Crippen LogP) is 0.286. The number of oxime groups is 2. The molecule has 0 heterocycles. The van der Waals surface area contributed by atoms with E-state index in [-0.39, 0.29) is 11.7 Å². The van der Waals surface area contributed by atoms with E-state index < -0.39 is 0 Å². The van der Waals surface area contributed by atoms with Crippen molar-refractivity contribution in [1.82, 2.24) is 0 Å². The Morgan fingerprint density at radius 1 is 1.00 bits per heavy atom. The molecule has 0 aliphatic carbocycles. The standard InChI is InChI=1S/2C3H8N2O/c2*1-2-3(4)5-6/h2*6H,2H2,1H3,(H2,4,5). The van der Waals surface area contributed by atoms with Gasteiger partial charge in [-0.05, 0) is 0 Å². The van der Waals surface area contributed by atoms with Gasteiger partial charge in [0.15, 0.2) is 0 Å². The Labute approximate surface area is 71.5 Å². The van der Waals surface area contributed by atoms with Crippen LogP contribution in [0.5, 0.6) is 0 Å². The Balaban J connectivity index is 0. The average molecular weight is 176 g/mol. The molecule has 0 aromatic heterocycles. The fraction of sp³-hybridized carbons (Fsp3) is 0.667. The lowest BCUT2D eigenvalue weighted by molar-refractivity contribution is 0.317. The van der Waals surface area contributed by atoms with Crippen molar-refractivity contribution < 1.29 is 10.4 Å². The second-order valence-corrected chi connectivity index (χ2v) is 1.89. The Morgan fingerprint density at radius 2 is 1.25 bits per heavy atom. The van der Waals surface area contributed by atoms with E-state index in [4.69, 9.17) is 21.9 Å². The first-order valence-corrected chi connectivity index (χ1v) is 3.55. The molecule has 6 nitrogen and oxygen atoms in total. The SMILES string of the molecule is CC/C(N)=N/O.CC/C(N)=N/O. The number of nitrogens with zero attached hydrogens (tertiary/aromatic N) is 2. The summed E-state index contributed by atoms with van der Waals surface area (Å²) in [5.41, 5.74) is 9.94. The molecule has 0 spiro atoms. The molecule has 72 valence electrons. The first-order chi connectivity index (χ1) is 5.62. The van der Waals surface area contributed by atoms with E-state index in [0.717, 1.165) is 0 Å². The van der Waals surface area contributed by atoms with Crippen LogP contribution in [0.2, 0.25) is 0 Å². The van der Waals surface area contributed by atoms with Crippen LogP contribution in [0.1, 0.15) is 26.7 Å². The van der Waals surface area contributed by atoms with Crippen LogP contribution >= 0.6 is 0 Å². The van der Waals surface area contributed by atoms with Gasteiger partial charge in [-0.1, -0.05) is 24.2 Å². The quantitative estimate of drug-likeness (QED) is 0.209.